The number of nitrogens with zero attached hydrogens (tertiary/aromatic N) is 1. The first kappa shape index (κ1) is 19.3. The van der Waals surface area contributed by atoms with E-state index in [1.54, 1.807) is 18.3 Å². The molecule has 5 heteroatoms. The smallest absolute Gasteiger partial charge is 0.253 e. The van der Waals surface area contributed by atoms with Crippen LogP contribution in [0.2, 0.25) is 0 Å². The lowest BCUT2D eigenvalue weighted by molar-refractivity contribution is -0.116. The number of anilines is 1. The summed E-state index contributed by atoms with van der Waals surface area (Å²) in [5.74, 6) is -0.250. The van der Waals surface area contributed by atoms with Crippen LogP contribution in [0.5, 0.6) is 0 Å². The Bertz CT molecular complexity index is 938. The number of aromatic nitrogens is 1. The molecule has 0 bridgehead atoms. The van der Waals surface area contributed by atoms with E-state index in [0.717, 1.165) is 11.1 Å². The van der Waals surface area contributed by atoms with E-state index >= 15 is 0 Å². The Morgan fingerprint density at radius 1 is 0.964 bits per heavy atom. The summed E-state index contributed by atoms with van der Waals surface area (Å²) in [6.07, 6.45) is 4.23. The van der Waals surface area contributed by atoms with Gasteiger partial charge in [0.15, 0.2) is 0 Å². The van der Waals surface area contributed by atoms with Gasteiger partial charge in [0.05, 0.1) is 5.56 Å². The number of pyridine rings is 1. The lowest BCUT2D eigenvalue weighted by Gasteiger charge is -2.12. The van der Waals surface area contributed by atoms with Gasteiger partial charge in [-0.3, -0.25) is 14.6 Å². The molecule has 0 spiro atoms. The molecule has 2 N–H and O–H groups in total. The molecule has 0 unspecified atom stereocenters. The molecule has 142 valence electrons. The van der Waals surface area contributed by atoms with Crippen molar-refractivity contribution in [3.63, 3.8) is 0 Å². The minimum Gasteiger partial charge on any atom is -0.348 e. The standard InChI is InChI=1S/C23H23N3O2/c1-17-8-10-18(11-9-17)12-13-22(27)26-21-7-3-2-5-19(21)16-25-23(28)20-6-4-14-24-15-20/h2-11,14-15H,12-13,16H2,1H3,(H,25,28)(H,26,27). The third kappa shape index (κ3) is 5.51. The Labute approximate surface area is 164 Å². The molecule has 3 rings (SSSR count). The maximum absolute atomic E-state index is 12.4. The number of aryl methyl sites for hydroxylation is 2. The second kappa shape index (κ2) is 9.46. The van der Waals surface area contributed by atoms with Crippen LogP contribution in [0.3, 0.4) is 0 Å². The topological polar surface area (TPSA) is 71.1 Å². The van der Waals surface area contributed by atoms with Crippen molar-refractivity contribution >= 4 is 17.5 Å². The fourth-order valence-electron chi connectivity index (χ4n) is 2.80. The van der Waals surface area contributed by atoms with E-state index in [0.29, 0.717) is 30.6 Å². The number of carbonyl (C=O) groups is 2. The summed E-state index contributed by atoms with van der Waals surface area (Å²) in [5, 5.41) is 5.81. The van der Waals surface area contributed by atoms with E-state index in [1.165, 1.54) is 11.8 Å². The van der Waals surface area contributed by atoms with Crippen molar-refractivity contribution < 1.29 is 9.59 Å². The number of hydrogen-bond acceptors (Lipinski definition) is 3. The van der Waals surface area contributed by atoms with Gasteiger partial charge in [0.25, 0.3) is 5.91 Å². The second-order valence-electron chi connectivity index (χ2n) is 6.62. The molecular formula is C23H23N3O2. The normalized spacial score (nSPS) is 10.3. The summed E-state index contributed by atoms with van der Waals surface area (Å²) in [6.45, 7) is 2.36. The zero-order valence-electron chi connectivity index (χ0n) is 15.8. The maximum Gasteiger partial charge on any atom is 0.253 e. The van der Waals surface area contributed by atoms with Crippen LogP contribution in [-0.2, 0) is 17.8 Å². The Morgan fingerprint density at radius 2 is 1.75 bits per heavy atom. The van der Waals surface area contributed by atoms with Crippen LogP contribution in [0.4, 0.5) is 5.69 Å². The molecule has 5 nitrogen and oxygen atoms in total. The fourth-order valence-corrected chi connectivity index (χ4v) is 2.80. The van der Waals surface area contributed by atoms with Crippen molar-refractivity contribution in [1.29, 1.82) is 0 Å². The summed E-state index contributed by atoms with van der Waals surface area (Å²) < 4.78 is 0. The van der Waals surface area contributed by atoms with Gasteiger partial charge in [0.1, 0.15) is 0 Å². The van der Waals surface area contributed by atoms with Gasteiger partial charge in [-0.2, -0.15) is 0 Å². The average molecular weight is 373 g/mol. The number of para-hydroxylation sites is 1. The van der Waals surface area contributed by atoms with Crippen molar-refractivity contribution in [3.05, 3.63) is 95.3 Å². The molecule has 0 radical (unpaired) electrons. The highest BCUT2D eigenvalue weighted by atomic mass is 16.2. The lowest BCUT2D eigenvalue weighted by atomic mass is 10.1. The molecule has 0 aliphatic carbocycles. The first-order chi connectivity index (χ1) is 13.6. The zero-order chi connectivity index (χ0) is 19.8. The van der Waals surface area contributed by atoms with Gasteiger partial charge in [0, 0.05) is 31.0 Å². The molecule has 3 aromatic rings. The number of hydrogen-bond donors (Lipinski definition) is 2. The van der Waals surface area contributed by atoms with Crippen LogP contribution in [-0.4, -0.2) is 16.8 Å². The molecule has 0 atom stereocenters. The van der Waals surface area contributed by atoms with Gasteiger partial charge in [-0.25, -0.2) is 0 Å². The van der Waals surface area contributed by atoms with Crippen molar-refractivity contribution in [2.45, 2.75) is 26.3 Å². The van der Waals surface area contributed by atoms with E-state index in [1.807, 2.05) is 55.5 Å². The van der Waals surface area contributed by atoms with Crippen LogP contribution in [0.25, 0.3) is 0 Å². The largest absolute Gasteiger partial charge is 0.348 e. The monoisotopic (exact) mass is 373 g/mol. The third-order valence-electron chi connectivity index (χ3n) is 4.42. The molecule has 0 saturated carbocycles. The Hall–Kier alpha value is -3.47. The fraction of sp³-hybridized carbons (Fsp3) is 0.174. The highest BCUT2D eigenvalue weighted by Crippen LogP contribution is 2.16. The summed E-state index contributed by atoms with van der Waals surface area (Å²) >= 11 is 0. The number of benzene rings is 2. The first-order valence-electron chi connectivity index (χ1n) is 9.23. The minimum atomic E-state index is -0.200. The summed E-state index contributed by atoms with van der Waals surface area (Å²) in [4.78, 5) is 28.5. The van der Waals surface area contributed by atoms with E-state index in [2.05, 4.69) is 15.6 Å². The van der Waals surface area contributed by atoms with Gasteiger partial charge in [-0.1, -0.05) is 48.0 Å². The van der Waals surface area contributed by atoms with E-state index < -0.39 is 0 Å². The highest BCUT2D eigenvalue weighted by Gasteiger charge is 2.09. The summed E-state index contributed by atoms with van der Waals surface area (Å²) in [6, 6.07) is 19.1. The van der Waals surface area contributed by atoms with Crippen LogP contribution in [0.15, 0.2) is 73.1 Å². The van der Waals surface area contributed by atoms with Gasteiger partial charge >= 0.3 is 0 Å². The molecule has 1 aromatic heterocycles. The number of rotatable bonds is 7. The lowest BCUT2D eigenvalue weighted by Crippen LogP contribution is -2.24. The number of nitrogens with one attached hydrogen (secondary N) is 2. The van der Waals surface area contributed by atoms with Crippen molar-refractivity contribution in [2.75, 3.05) is 5.32 Å². The maximum atomic E-state index is 12.4. The Morgan fingerprint density at radius 3 is 2.50 bits per heavy atom. The molecule has 0 saturated heterocycles. The molecule has 0 aliphatic rings. The molecule has 2 aromatic carbocycles. The van der Waals surface area contributed by atoms with Crippen LogP contribution < -0.4 is 10.6 Å². The van der Waals surface area contributed by atoms with Gasteiger partial charge in [-0.05, 0) is 42.7 Å². The quantitative estimate of drug-likeness (QED) is 0.660. The zero-order valence-corrected chi connectivity index (χ0v) is 15.8. The van der Waals surface area contributed by atoms with Gasteiger partial charge in [0.2, 0.25) is 5.91 Å². The molecule has 0 aliphatic heterocycles. The predicted octanol–water partition coefficient (Wildman–Crippen LogP) is 3.89. The van der Waals surface area contributed by atoms with Crippen LogP contribution in [0.1, 0.15) is 33.5 Å². The Balaban J connectivity index is 1.56. The number of carbonyl (C=O) groups excluding carboxylic acids is 2. The highest BCUT2D eigenvalue weighted by molar-refractivity contribution is 5.94. The Kier molecular flexibility index (Phi) is 6.52. The molecular weight excluding hydrogens is 350 g/mol. The number of amides is 2. The van der Waals surface area contributed by atoms with E-state index in [9.17, 15) is 9.59 Å². The van der Waals surface area contributed by atoms with Crippen molar-refractivity contribution in [2.24, 2.45) is 0 Å². The predicted molar refractivity (Wildman–Crippen MR) is 110 cm³/mol. The van der Waals surface area contributed by atoms with Crippen molar-refractivity contribution in [3.8, 4) is 0 Å². The van der Waals surface area contributed by atoms with Crippen molar-refractivity contribution in [1.82, 2.24) is 10.3 Å². The summed E-state index contributed by atoms with van der Waals surface area (Å²) in [7, 11) is 0. The minimum absolute atomic E-state index is 0.0494. The summed E-state index contributed by atoms with van der Waals surface area (Å²) in [5.41, 5.74) is 4.40. The SMILES string of the molecule is Cc1ccc(CCC(=O)Nc2ccccc2CNC(=O)c2cccnc2)cc1. The van der Waals surface area contributed by atoms with Crippen LogP contribution >= 0.6 is 0 Å². The molecule has 1 heterocycles. The molecule has 2 amide bonds. The van der Waals surface area contributed by atoms with Gasteiger partial charge < -0.3 is 10.6 Å². The van der Waals surface area contributed by atoms with Gasteiger partial charge in [-0.15, -0.1) is 0 Å². The van der Waals surface area contributed by atoms with Crippen LogP contribution in [0, 0.1) is 6.92 Å². The van der Waals surface area contributed by atoms with E-state index in [-0.39, 0.29) is 11.8 Å². The molecule has 28 heavy (non-hydrogen) atoms. The third-order valence-corrected chi connectivity index (χ3v) is 4.42. The second-order valence-corrected chi connectivity index (χ2v) is 6.62. The average Bonchev–Trinajstić information content (AvgIpc) is 2.73. The first-order valence-corrected chi connectivity index (χ1v) is 9.23. The van der Waals surface area contributed by atoms with E-state index in [4.69, 9.17) is 0 Å². The molecule has 0 fully saturated rings.